The standard InChI is InChI=1S/C12H19.2FH.Zr/c1-6-7-12(5)8-9(2)10(3)11(12)4;;;/h6-7H2,1-5H3;2*1H;/q-1;;;. The summed E-state index contributed by atoms with van der Waals surface area (Å²) < 4.78 is 0. The van der Waals surface area contributed by atoms with Crippen molar-refractivity contribution < 1.29 is 35.6 Å². The van der Waals surface area contributed by atoms with Crippen LogP contribution in [0.4, 0.5) is 9.41 Å². The molecule has 0 aliphatic heterocycles. The molecule has 0 saturated heterocycles. The third-order valence-electron chi connectivity index (χ3n) is 3.17. The van der Waals surface area contributed by atoms with E-state index in [0.29, 0.717) is 0 Å². The van der Waals surface area contributed by atoms with Crippen LogP contribution in [0.2, 0.25) is 0 Å². The summed E-state index contributed by atoms with van der Waals surface area (Å²) in [6, 6.07) is 0. The molecule has 1 atom stereocenters. The van der Waals surface area contributed by atoms with E-state index in [2.05, 4.69) is 40.7 Å². The molecule has 0 spiro atoms. The molecular weight excluding hydrogens is 273 g/mol. The summed E-state index contributed by atoms with van der Waals surface area (Å²) in [6.45, 7) is 11.2. The van der Waals surface area contributed by atoms with Crippen LogP contribution in [0.15, 0.2) is 16.7 Å². The van der Waals surface area contributed by atoms with Crippen molar-refractivity contribution >= 4 is 0 Å². The Bertz CT molecular complexity index is 256. The molecule has 3 heteroatoms. The third-order valence-corrected chi connectivity index (χ3v) is 3.17. The Labute approximate surface area is 111 Å². The van der Waals surface area contributed by atoms with E-state index in [1.807, 2.05) is 0 Å². The van der Waals surface area contributed by atoms with E-state index in [0.717, 1.165) is 0 Å². The minimum Gasteiger partial charge on any atom is -0.269 e. The predicted molar refractivity (Wildman–Crippen MR) is 58.8 cm³/mol. The molecule has 1 aliphatic carbocycles. The van der Waals surface area contributed by atoms with Crippen LogP contribution in [0.25, 0.3) is 0 Å². The Morgan fingerprint density at radius 2 is 1.60 bits per heavy atom. The molecule has 0 heterocycles. The van der Waals surface area contributed by atoms with Crippen molar-refractivity contribution in [3.05, 3.63) is 22.8 Å². The van der Waals surface area contributed by atoms with Gasteiger partial charge >= 0.3 is 0 Å². The molecular formula is C12H21F2Zr-. The predicted octanol–water partition coefficient (Wildman–Crippen LogP) is 4.19. The van der Waals surface area contributed by atoms with Crippen molar-refractivity contribution in [3.8, 4) is 0 Å². The first-order valence-corrected chi connectivity index (χ1v) is 4.81. The fraction of sp³-hybridized carbons (Fsp3) is 0.667. The number of rotatable bonds is 2. The average Bonchev–Trinajstić information content (AvgIpc) is 2.17. The van der Waals surface area contributed by atoms with Crippen LogP contribution in [0.3, 0.4) is 0 Å². The molecule has 0 saturated carbocycles. The monoisotopic (exact) mass is 293 g/mol. The zero-order valence-electron chi connectivity index (χ0n) is 10.2. The van der Waals surface area contributed by atoms with Gasteiger partial charge in [-0.15, -0.1) is 6.92 Å². The summed E-state index contributed by atoms with van der Waals surface area (Å²) in [7, 11) is 0. The molecule has 0 amide bonds. The van der Waals surface area contributed by atoms with E-state index in [4.69, 9.17) is 0 Å². The van der Waals surface area contributed by atoms with Crippen molar-refractivity contribution in [2.24, 2.45) is 5.41 Å². The average molecular weight is 295 g/mol. The summed E-state index contributed by atoms with van der Waals surface area (Å²) in [5.74, 6) is 0. The summed E-state index contributed by atoms with van der Waals surface area (Å²) in [5.41, 5.74) is 4.55. The largest absolute Gasteiger partial charge is 0.269 e. The molecule has 0 aromatic heterocycles. The van der Waals surface area contributed by atoms with Gasteiger partial charge in [-0.05, 0) is 0 Å². The van der Waals surface area contributed by atoms with E-state index < -0.39 is 0 Å². The summed E-state index contributed by atoms with van der Waals surface area (Å²) >= 11 is 0. The third kappa shape index (κ3) is 3.94. The molecule has 0 bridgehead atoms. The second-order valence-electron chi connectivity index (χ2n) is 4.08. The van der Waals surface area contributed by atoms with Crippen molar-refractivity contribution in [2.45, 2.75) is 47.5 Å². The van der Waals surface area contributed by atoms with Gasteiger partial charge in [-0.3, -0.25) is 15.5 Å². The molecule has 0 radical (unpaired) electrons. The van der Waals surface area contributed by atoms with Gasteiger partial charge in [0.1, 0.15) is 0 Å². The van der Waals surface area contributed by atoms with Crippen molar-refractivity contribution in [3.63, 3.8) is 0 Å². The molecule has 0 N–H and O–H groups in total. The summed E-state index contributed by atoms with van der Waals surface area (Å²) in [4.78, 5) is 0. The molecule has 1 aliphatic rings. The smallest absolute Gasteiger partial charge is 0 e. The minimum atomic E-state index is 0. The van der Waals surface area contributed by atoms with Crippen LogP contribution >= 0.6 is 0 Å². The Kier molecular flexibility index (Phi) is 10.3. The van der Waals surface area contributed by atoms with Gasteiger partial charge in [0.25, 0.3) is 0 Å². The molecule has 1 unspecified atom stereocenters. The van der Waals surface area contributed by atoms with Crippen LogP contribution in [-0.2, 0) is 26.2 Å². The maximum Gasteiger partial charge on any atom is 0 e. The van der Waals surface area contributed by atoms with E-state index in [1.165, 1.54) is 29.6 Å². The number of hydrogen-bond donors (Lipinski definition) is 0. The Morgan fingerprint density at radius 3 is 1.87 bits per heavy atom. The van der Waals surface area contributed by atoms with Gasteiger partial charge in [-0.1, -0.05) is 46.0 Å². The van der Waals surface area contributed by atoms with Gasteiger partial charge in [-0.2, -0.15) is 11.1 Å². The summed E-state index contributed by atoms with van der Waals surface area (Å²) in [5, 5.41) is 0. The molecule has 15 heavy (non-hydrogen) atoms. The van der Waals surface area contributed by atoms with Crippen LogP contribution in [0, 0.1) is 11.5 Å². The van der Waals surface area contributed by atoms with E-state index >= 15 is 0 Å². The van der Waals surface area contributed by atoms with Crippen molar-refractivity contribution in [2.75, 3.05) is 0 Å². The molecule has 0 aromatic rings. The van der Waals surface area contributed by atoms with Gasteiger partial charge in [0.05, 0.1) is 0 Å². The normalized spacial score (nSPS) is 23.7. The van der Waals surface area contributed by atoms with Gasteiger partial charge < -0.3 is 0 Å². The van der Waals surface area contributed by atoms with E-state index in [9.17, 15) is 0 Å². The van der Waals surface area contributed by atoms with Gasteiger partial charge in [0.15, 0.2) is 0 Å². The number of hydrogen-bond acceptors (Lipinski definition) is 0. The fourth-order valence-electron chi connectivity index (χ4n) is 2.05. The van der Waals surface area contributed by atoms with Gasteiger partial charge in [-0.25, -0.2) is 5.57 Å². The first kappa shape index (κ1) is 20.6. The molecule has 0 aromatic carbocycles. The second kappa shape index (κ2) is 7.49. The minimum absolute atomic E-state index is 0. The van der Waals surface area contributed by atoms with Crippen molar-refractivity contribution in [1.82, 2.24) is 0 Å². The molecule has 0 fully saturated rings. The summed E-state index contributed by atoms with van der Waals surface area (Å²) in [6.07, 6.45) is 6.04. The van der Waals surface area contributed by atoms with Crippen LogP contribution in [0.1, 0.15) is 47.5 Å². The fourth-order valence-corrected chi connectivity index (χ4v) is 2.05. The van der Waals surface area contributed by atoms with Crippen molar-refractivity contribution in [1.29, 1.82) is 0 Å². The second-order valence-corrected chi connectivity index (χ2v) is 4.08. The number of halogens is 2. The Balaban J connectivity index is -0.000000480. The topological polar surface area (TPSA) is 0 Å². The first-order chi connectivity index (χ1) is 5.51. The Hall–Kier alpha value is 0.223. The van der Waals surface area contributed by atoms with E-state index in [-0.39, 0.29) is 41.0 Å². The van der Waals surface area contributed by atoms with Crippen LogP contribution < -0.4 is 0 Å². The molecule has 0 nitrogen and oxygen atoms in total. The van der Waals surface area contributed by atoms with Crippen LogP contribution in [0.5, 0.6) is 0 Å². The molecule has 88 valence electrons. The molecule has 1 rings (SSSR count). The van der Waals surface area contributed by atoms with Crippen LogP contribution in [-0.4, -0.2) is 0 Å². The van der Waals surface area contributed by atoms with E-state index in [1.54, 1.807) is 0 Å². The quantitative estimate of drug-likeness (QED) is 0.670. The zero-order chi connectivity index (χ0) is 9.35. The SMILES string of the molecule is CCCC1(C)[C-]=C(C)C(C)=C1C.F.F.[Zr]. The zero-order valence-corrected chi connectivity index (χ0v) is 12.7. The Morgan fingerprint density at radius 1 is 1.13 bits per heavy atom. The van der Waals surface area contributed by atoms with Gasteiger partial charge in [0.2, 0.25) is 0 Å². The number of allylic oxidation sites excluding steroid dienone is 4. The van der Waals surface area contributed by atoms with Gasteiger partial charge in [0, 0.05) is 26.2 Å². The maximum atomic E-state index is 3.57. The first-order valence-electron chi connectivity index (χ1n) is 4.81. The maximum absolute atomic E-state index is 3.57.